The standard InChI is InChI=1S/C18H10Br2F6O.C7H12F2N2O/c19-13-6-12(7-14(20)8-13)15(17(21,22)23)4-2-10-1-3-11(9-27)16(5-10)18(24,25)26;1-10-7(2-3-7)6(12)11-4-5(8)9/h1-9,15H;5,10H,2-4H2,1H3,(H,11,12)/b4-2+;. The van der Waals surface area contributed by atoms with E-state index in [0.29, 0.717) is 15.0 Å². The first-order valence-corrected chi connectivity index (χ1v) is 12.7. The molecule has 2 aromatic carbocycles. The van der Waals surface area contributed by atoms with Gasteiger partial charge in [-0.3, -0.25) is 9.59 Å². The molecular weight excluding hydrogens is 672 g/mol. The van der Waals surface area contributed by atoms with Gasteiger partial charge in [0.05, 0.1) is 23.6 Å². The van der Waals surface area contributed by atoms with E-state index in [0.717, 1.165) is 37.1 Å². The summed E-state index contributed by atoms with van der Waals surface area (Å²) in [6, 6.07) is 6.85. The van der Waals surface area contributed by atoms with Gasteiger partial charge in [0, 0.05) is 14.5 Å². The number of aldehydes is 1. The van der Waals surface area contributed by atoms with Crippen molar-refractivity contribution in [1.29, 1.82) is 0 Å². The molecule has 39 heavy (non-hydrogen) atoms. The van der Waals surface area contributed by atoms with Crippen molar-refractivity contribution in [2.45, 2.75) is 43.1 Å². The highest BCUT2D eigenvalue weighted by Gasteiger charge is 2.48. The minimum atomic E-state index is -4.79. The Morgan fingerprint density at radius 2 is 1.62 bits per heavy atom. The van der Waals surface area contributed by atoms with Crippen molar-refractivity contribution >= 4 is 50.1 Å². The van der Waals surface area contributed by atoms with Crippen molar-refractivity contribution in [3.63, 3.8) is 0 Å². The molecule has 0 saturated heterocycles. The number of halogens is 10. The molecule has 1 saturated carbocycles. The van der Waals surface area contributed by atoms with Gasteiger partial charge in [-0.2, -0.15) is 26.3 Å². The predicted octanol–water partition coefficient (Wildman–Crippen LogP) is 7.52. The van der Waals surface area contributed by atoms with Crippen LogP contribution in [0.5, 0.6) is 0 Å². The smallest absolute Gasteiger partial charge is 0.349 e. The second-order valence-corrected chi connectivity index (χ2v) is 10.3. The largest absolute Gasteiger partial charge is 0.417 e. The Bertz CT molecular complexity index is 1180. The van der Waals surface area contributed by atoms with E-state index in [4.69, 9.17) is 0 Å². The van der Waals surface area contributed by atoms with Crippen LogP contribution >= 0.6 is 31.9 Å². The van der Waals surface area contributed by atoms with Gasteiger partial charge in [-0.25, -0.2) is 8.78 Å². The molecule has 2 aromatic rings. The zero-order valence-electron chi connectivity index (χ0n) is 20.1. The Hall–Kier alpha value is -2.32. The molecule has 2 N–H and O–H groups in total. The fraction of sp³-hybridized carbons (Fsp3) is 0.360. The fourth-order valence-electron chi connectivity index (χ4n) is 3.45. The molecule has 1 unspecified atom stereocenters. The summed E-state index contributed by atoms with van der Waals surface area (Å²) in [4.78, 5) is 21.9. The Morgan fingerprint density at radius 3 is 2.05 bits per heavy atom. The van der Waals surface area contributed by atoms with E-state index < -0.39 is 47.9 Å². The van der Waals surface area contributed by atoms with E-state index >= 15 is 0 Å². The van der Waals surface area contributed by atoms with Crippen molar-refractivity contribution in [2.75, 3.05) is 13.6 Å². The lowest BCUT2D eigenvalue weighted by Gasteiger charge is -2.18. The SMILES string of the molecule is CNC1(C(=O)NCC(F)F)CC1.O=Cc1ccc(/C=C/C(c2cc(Br)cc(Br)c2)C(F)(F)F)cc1C(F)(F)F. The lowest BCUT2D eigenvalue weighted by molar-refractivity contribution is -0.139. The predicted molar refractivity (Wildman–Crippen MR) is 137 cm³/mol. The number of likely N-dealkylation sites (N-methyl/N-ethyl adjacent to an activating group) is 1. The molecule has 0 spiro atoms. The molecule has 1 fully saturated rings. The van der Waals surface area contributed by atoms with Gasteiger partial charge in [-0.05, 0) is 55.3 Å². The van der Waals surface area contributed by atoms with Crippen LogP contribution in [0.1, 0.15) is 45.8 Å². The number of hydrogen-bond donors (Lipinski definition) is 2. The van der Waals surface area contributed by atoms with Gasteiger partial charge in [-0.15, -0.1) is 0 Å². The van der Waals surface area contributed by atoms with E-state index in [2.05, 4.69) is 42.5 Å². The third-order valence-corrected chi connectivity index (χ3v) is 6.58. The molecule has 14 heteroatoms. The second kappa shape index (κ2) is 13.4. The van der Waals surface area contributed by atoms with E-state index in [-0.39, 0.29) is 23.3 Å². The van der Waals surface area contributed by atoms with Crippen LogP contribution in [0.4, 0.5) is 35.1 Å². The number of alkyl halides is 8. The van der Waals surface area contributed by atoms with Gasteiger partial charge >= 0.3 is 12.4 Å². The van der Waals surface area contributed by atoms with Crippen molar-refractivity contribution in [3.8, 4) is 0 Å². The first kappa shape index (κ1) is 32.9. The maximum absolute atomic E-state index is 13.5. The van der Waals surface area contributed by atoms with Crippen molar-refractivity contribution < 1.29 is 44.7 Å². The summed E-state index contributed by atoms with van der Waals surface area (Å²) in [6.45, 7) is -0.553. The zero-order chi connectivity index (χ0) is 29.6. The lowest BCUT2D eigenvalue weighted by Crippen LogP contribution is -2.46. The summed E-state index contributed by atoms with van der Waals surface area (Å²) in [5.41, 5.74) is -2.51. The molecule has 1 atom stereocenters. The first-order valence-electron chi connectivity index (χ1n) is 11.1. The summed E-state index contributed by atoms with van der Waals surface area (Å²) in [5, 5.41) is 5.00. The Kier molecular flexibility index (Phi) is 11.3. The third-order valence-electron chi connectivity index (χ3n) is 5.67. The van der Waals surface area contributed by atoms with Crippen LogP contribution < -0.4 is 10.6 Å². The van der Waals surface area contributed by atoms with E-state index in [9.17, 15) is 44.7 Å². The van der Waals surface area contributed by atoms with Gasteiger partial charge in [-0.1, -0.05) is 56.1 Å². The van der Waals surface area contributed by atoms with Crippen LogP contribution in [-0.4, -0.2) is 43.9 Å². The maximum Gasteiger partial charge on any atom is 0.417 e. The second-order valence-electron chi connectivity index (χ2n) is 8.48. The highest BCUT2D eigenvalue weighted by molar-refractivity contribution is 9.11. The van der Waals surface area contributed by atoms with Gasteiger partial charge < -0.3 is 10.6 Å². The number of benzene rings is 2. The van der Waals surface area contributed by atoms with Crippen LogP contribution in [0.25, 0.3) is 6.08 Å². The molecule has 0 radical (unpaired) electrons. The molecular formula is C25H22Br2F8N2O2. The average Bonchev–Trinajstić information content (AvgIpc) is 3.62. The zero-order valence-corrected chi connectivity index (χ0v) is 23.2. The number of nitrogens with one attached hydrogen (secondary N) is 2. The van der Waals surface area contributed by atoms with E-state index in [1.54, 1.807) is 13.1 Å². The summed E-state index contributed by atoms with van der Waals surface area (Å²) < 4.78 is 103. The minimum Gasteiger partial charge on any atom is -0.349 e. The van der Waals surface area contributed by atoms with Crippen LogP contribution in [0.3, 0.4) is 0 Å². The summed E-state index contributed by atoms with van der Waals surface area (Å²) in [5.74, 6) is -2.34. The highest BCUT2D eigenvalue weighted by Crippen LogP contribution is 2.39. The minimum absolute atomic E-state index is 0.0495. The molecule has 0 aliphatic heterocycles. The topological polar surface area (TPSA) is 58.2 Å². The molecule has 0 aromatic heterocycles. The molecule has 214 valence electrons. The van der Waals surface area contributed by atoms with Crippen LogP contribution in [0, 0.1) is 0 Å². The number of carbonyl (C=O) groups excluding carboxylic acids is 2. The normalized spacial score (nSPS) is 15.5. The quantitative estimate of drug-likeness (QED) is 0.222. The summed E-state index contributed by atoms with van der Waals surface area (Å²) in [6.07, 6.45) is -8.65. The Balaban J connectivity index is 0.000000370. The molecule has 0 heterocycles. The Labute approximate surface area is 235 Å². The van der Waals surface area contributed by atoms with E-state index in [1.807, 2.05) is 0 Å². The van der Waals surface area contributed by atoms with Crippen molar-refractivity contribution in [1.82, 2.24) is 10.6 Å². The monoisotopic (exact) mass is 692 g/mol. The average molecular weight is 694 g/mol. The summed E-state index contributed by atoms with van der Waals surface area (Å²) >= 11 is 6.22. The molecule has 0 bridgehead atoms. The van der Waals surface area contributed by atoms with Crippen LogP contribution in [0.15, 0.2) is 51.4 Å². The number of carbonyl (C=O) groups is 2. The molecule has 4 nitrogen and oxygen atoms in total. The fourth-order valence-corrected chi connectivity index (χ4v) is 4.78. The molecule has 1 aliphatic rings. The van der Waals surface area contributed by atoms with Crippen LogP contribution in [-0.2, 0) is 11.0 Å². The third kappa shape index (κ3) is 9.67. The number of rotatable bonds is 8. The van der Waals surface area contributed by atoms with Crippen molar-refractivity contribution in [3.05, 3.63) is 73.7 Å². The lowest BCUT2D eigenvalue weighted by atomic mass is 9.96. The van der Waals surface area contributed by atoms with E-state index in [1.165, 1.54) is 12.1 Å². The van der Waals surface area contributed by atoms with Crippen LogP contribution in [0.2, 0.25) is 0 Å². The number of hydrogen-bond acceptors (Lipinski definition) is 3. The summed E-state index contributed by atoms with van der Waals surface area (Å²) in [7, 11) is 1.66. The van der Waals surface area contributed by atoms with Gasteiger partial charge in [0.15, 0.2) is 6.29 Å². The Morgan fingerprint density at radius 1 is 1.03 bits per heavy atom. The number of allylic oxidation sites excluding steroid dienone is 1. The molecule has 1 amide bonds. The number of amides is 1. The molecule has 3 rings (SSSR count). The van der Waals surface area contributed by atoms with Gasteiger partial charge in [0.25, 0.3) is 6.43 Å². The van der Waals surface area contributed by atoms with Gasteiger partial charge in [0.2, 0.25) is 5.91 Å². The van der Waals surface area contributed by atoms with Crippen molar-refractivity contribution in [2.24, 2.45) is 0 Å². The first-order chi connectivity index (χ1) is 18.0. The maximum atomic E-state index is 13.5. The highest BCUT2D eigenvalue weighted by atomic mass is 79.9. The van der Waals surface area contributed by atoms with Gasteiger partial charge in [0.1, 0.15) is 0 Å². The molecule has 1 aliphatic carbocycles.